The number of halogens is 2. The van der Waals surface area contributed by atoms with Crippen molar-refractivity contribution in [3.63, 3.8) is 0 Å². The summed E-state index contributed by atoms with van der Waals surface area (Å²) in [6, 6.07) is 35.1. The zero-order valence-corrected chi connectivity index (χ0v) is 25.7. The number of allylic oxidation sites excluding steroid dienone is 2. The van der Waals surface area contributed by atoms with Crippen LogP contribution in [0.25, 0.3) is 34.4 Å². The molecule has 4 aromatic rings. The van der Waals surface area contributed by atoms with Gasteiger partial charge in [0.1, 0.15) is 0 Å². The van der Waals surface area contributed by atoms with Crippen LogP contribution in [0.2, 0.25) is 0 Å². The van der Waals surface area contributed by atoms with Gasteiger partial charge in [-0.2, -0.15) is 0 Å². The molecule has 2 aliphatic carbocycles. The molecule has 0 aliphatic heterocycles. The van der Waals surface area contributed by atoms with Crippen molar-refractivity contribution >= 4 is 37.0 Å². The van der Waals surface area contributed by atoms with Gasteiger partial charge < -0.3 is 0 Å². The van der Waals surface area contributed by atoms with Crippen LogP contribution >= 0.6 is 24.8 Å². The Morgan fingerprint density at radius 3 is 1.28 bits per heavy atom. The van der Waals surface area contributed by atoms with Gasteiger partial charge in [-0.25, -0.2) is 0 Å². The van der Waals surface area contributed by atoms with Gasteiger partial charge >= 0.3 is 0 Å². The van der Waals surface area contributed by atoms with Crippen molar-refractivity contribution in [2.45, 2.75) is 25.7 Å². The fraction of sp³-hybridized carbons (Fsp3) is 0.152. The van der Waals surface area contributed by atoms with Gasteiger partial charge in [0, 0.05) is 37.7 Å². The average Bonchev–Trinajstić information content (AvgIpc) is 3.50. The van der Waals surface area contributed by atoms with Gasteiger partial charge in [-0.05, 0) is 49.9 Å². The summed E-state index contributed by atoms with van der Waals surface area (Å²) in [5, 5.41) is 0. The third-order valence-corrected chi connectivity index (χ3v) is 7.63. The molecule has 36 heavy (non-hydrogen) atoms. The zero-order chi connectivity index (χ0) is 22.4. The molecule has 0 radical (unpaired) electrons. The number of rotatable bonds is 4. The fourth-order valence-electron chi connectivity index (χ4n) is 5.90. The molecule has 0 spiro atoms. The quantitative estimate of drug-likeness (QED) is 0.189. The summed E-state index contributed by atoms with van der Waals surface area (Å²) in [4.78, 5) is 0. The van der Waals surface area contributed by atoms with Gasteiger partial charge in [0.15, 0.2) is 0 Å². The van der Waals surface area contributed by atoms with E-state index in [1.807, 2.05) is 0 Å². The van der Waals surface area contributed by atoms with E-state index >= 15 is 0 Å². The third kappa shape index (κ3) is 4.74. The Hall–Kier alpha value is -2.19. The predicted octanol–water partition coefficient (Wildman–Crippen LogP) is 9.81. The van der Waals surface area contributed by atoms with E-state index in [-0.39, 0.29) is 56.1 Å². The molecule has 0 nitrogen and oxygen atoms in total. The molecule has 0 amide bonds. The standard InChI is InChI=1S/C33H28.2ClH.Hf/c1-33(2,31-21-19-27-25(15-9-17-29(27)31)23-11-5-3-6-12-23)32-22-20-28-26(16-10-18-30(28)32)24-13-7-4-8-14-24;;;/h3-22,31-32H,1-2H3;2*1H;. The molecule has 0 saturated heterocycles. The molecule has 180 valence electrons. The monoisotopic (exact) mass is 676 g/mol. The number of hydrogen-bond acceptors (Lipinski definition) is 0. The average molecular weight is 676 g/mol. The zero-order valence-electron chi connectivity index (χ0n) is 20.5. The summed E-state index contributed by atoms with van der Waals surface area (Å²) < 4.78 is 0. The second kappa shape index (κ2) is 11.5. The van der Waals surface area contributed by atoms with Crippen LogP contribution in [0, 0.1) is 5.41 Å². The first-order valence-electron chi connectivity index (χ1n) is 11.9. The van der Waals surface area contributed by atoms with Crippen molar-refractivity contribution in [2.75, 3.05) is 0 Å². The Labute approximate surface area is 246 Å². The van der Waals surface area contributed by atoms with E-state index < -0.39 is 0 Å². The van der Waals surface area contributed by atoms with E-state index in [4.69, 9.17) is 0 Å². The first kappa shape index (κ1) is 28.4. The Kier molecular flexibility index (Phi) is 9.04. The Morgan fingerprint density at radius 1 is 0.500 bits per heavy atom. The summed E-state index contributed by atoms with van der Waals surface area (Å²) >= 11 is 0. The molecule has 3 heteroatoms. The Bertz CT molecular complexity index is 1280. The van der Waals surface area contributed by atoms with Crippen LogP contribution in [0.4, 0.5) is 0 Å². The molecular formula is C33H30Cl2Hf. The van der Waals surface area contributed by atoms with Gasteiger partial charge in [0.2, 0.25) is 0 Å². The summed E-state index contributed by atoms with van der Waals surface area (Å²) in [7, 11) is 0. The van der Waals surface area contributed by atoms with E-state index in [1.54, 1.807) is 0 Å². The van der Waals surface area contributed by atoms with Crippen molar-refractivity contribution in [1.82, 2.24) is 0 Å². The van der Waals surface area contributed by atoms with Gasteiger partial charge in [-0.1, -0.05) is 135 Å². The molecule has 0 N–H and O–H groups in total. The second-order valence-corrected chi connectivity index (χ2v) is 9.84. The van der Waals surface area contributed by atoms with Gasteiger partial charge in [-0.15, -0.1) is 24.8 Å². The minimum absolute atomic E-state index is 0. The van der Waals surface area contributed by atoms with Crippen molar-refractivity contribution < 1.29 is 25.8 Å². The third-order valence-electron chi connectivity index (χ3n) is 7.63. The van der Waals surface area contributed by atoms with Crippen molar-refractivity contribution in [1.29, 1.82) is 0 Å². The molecule has 0 saturated carbocycles. The van der Waals surface area contributed by atoms with Gasteiger partial charge in [0.05, 0.1) is 0 Å². The number of hydrogen-bond donors (Lipinski definition) is 0. The van der Waals surface area contributed by atoms with Crippen LogP contribution in [0.15, 0.2) is 109 Å². The summed E-state index contributed by atoms with van der Waals surface area (Å²) in [5.41, 5.74) is 10.9. The van der Waals surface area contributed by atoms with E-state index in [9.17, 15) is 0 Å². The summed E-state index contributed by atoms with van der Waals surface area (Å²) in [6.07, 6.45) is 9.57. The minimum Gasteiger partial charge on any atom is -0.147 e. The maximum Gasteiger partial charge on any atom is 0.00875 e. The first-order valence-corrected chi connectivity index (χ1v) is 11.9. The molecule has 2 aliphatic rings. The van der Waals surface area contributed by atoms with E-state index in [0.29, 0.717) is 11.8 Å². The van der Waals surface area contributed by atoms with Gasteiger partial charge in [-0.3, -0.25) is 0 Å². The van der Waals surface area contributed by atoms with Crippen LogP contribution in [0.5, 0.6) is 0 Å². The molecule has 2 atom stereocenters. The Balaban J connectivity index is 0.00000120. The van der Waals surface area contributed by atoms with Crippen LogP contribution < -0.4 is 0 Å². The van der Waals surface area contributed by atoms with Crippen LogP contribution in [-0.4, -0.2) is 0 Å². The topological polar surface area (TPSA) is 0 Å². The smallest absolute Gasteiger partial charge is 0.00875 e. The molecule has 4 aromatic carbocycles. The first-order chi connectivity index (χ1) is 16.1. The molecular weight excluding hydrogens is 646 g/mol. The van der Waals surface area contributed by atoms with Crippen molar-refractivity contribution in [3.8, 4) is 22.3 Å². The number of fused-ring (bicyclic) bond motifs is 2. The maximum atomic E-state index is 2.44. The van der Waals surface area contributed by atoms with Crippen LogP contribution in [0.1, 0.15) is 47.9 Å². The summed E-state index contributed by atoms with van der Waals surface area (Å²) in [5.74, 6) is 0.745. The number of benzene rings is 4. The Morgan fingerprint density at radius 2 is 0.889 bits per heavy atom. The fourth-order valence-corrected chi connectivity index (χ4v) is 5.90. The van der Waals surface area contributed by atoms with Crippen LogP contribution in [-0.2, 0) is 25.8 Å². The largest absolute Gasteiger partial charge is 0.147 e. The van der Waals surface area contributed by atoms with E-state index in [0.717, 1.165) is 0 Å². The predicted molar refractivity (Wildman–Crippen MR) is 156 cm³/mol. The van der Waals surface area contributed by atoms with Crippen LogP contribution in [0.3, 0.4) is 0 Å². The molecule has 0 fully saturated rings. The minimum atomic E-state index is 0. The SMILES string of the molecule is CC(C)(C1C=Cc2c(-c3ccccc3)cccc21)C1C=Cc2c(-c3ccccc3)cccc21.Cl.Cl.[Hf]. The molecule has 2 unspecified atom stereocenters. The van der Waals surface area contributed by atoms with E-state index in [2.05, 4.69) is 135 Å². The molecule has 0 aromatic heterocycles. The van der Waals surface area contributed by atoms with E-state index in [1.165, 1.54) is 44.5 Å². The molecule has 6 rings (SSSR count). The summed E-state index contributed by atoms with van der Waals surface area (Å²) in [6.45, 7) is 4.87. The maximum absolute atomic E-state index is 2.44. The normalized spacial score (nSPS) is 16.8. The van der Waals surface area contributed by atoms with Crippen molar-refractivity contribution in [2.24, 2.45) is 5.41 Å². The molecule has 0 bridgehead atoms. The van der Waals surface area contributed by atoms with Crippen molar-refractivity contribution in [3.05, 3.63) is 131 Å². The molecule has 0 heterocycles. The van der Waals surface area contributed by atoms with Gasteiger partial charge in [0.25, 0.3) is 0 Å². The second-order valence-electron chi connectivity index (χ2n) is 9.84.